The van der Waals surface area contributed by atoms with Crippen molar-refractivity contribution in [2.24, 2.45) is 5.92 Å². The quantitative estimate of drug-likeness (QED) is 0.288. The lowest BCUT2D eigenvalue weighted by atomic mass is 9.61. The van der Waals surface area contributed by atoms with Crippen LogP contribution < -0.4 is 10.6 Å². The molecule has 4 atom stereocenters. The molecule has 2 N–H and O–H groups in total. The van der Waals surface area contributed by atoms with Gasteiger partial charge in [-0.05, 0) is 39.5 Å². The summed E-state index contributed by atoms with van der Waals surface area (Å²) in [6.07, 6.45) is 7.98. The highest BCUT2D eigenvalue weighted by Gasteiger charge is 2.63. The van der Waals surface area contributed by atoms with Crippen molar-refractivity contribution < 1.29 is 19.1 Å². The zero-order valence-corrected chi connectivity index (χ0v) is 20.4. The predicted octanol–water partition coefficient (Wildman–Crippen LogP) is 4.15. The summed E-state index contributed by atoms with van der Waals surface area (Å²) >= 11 is 0. The highest BCUT2D eigenvalue weighted by atomic mass is 16.5. The van der Waals surface area contributed by atoms with E-state index in [9.17, 15) is 14.4 Å². The van der Waals surface area contributed by atoms with Gasteiger partial charge < -0.3 is 15.4 Å². The molecule has 2 fully saturated rings. The number of ether oxygens (including phenoxy) is 1. The first-order valence-electron chi connectivity index (χ1n) is 12.2. The zero-order valence-electron chi connectivity index (χ0n) is 20.4. The van der Waals surface area contributed by atoms with Gasteiger partial charge in [0, 0.05) is 23.4 Å². The first-order chi connectivity index (χ1) is 14.6. The molecule has 2 aliphatic rings. The second kappa shape index (κ2) is 10.3. The lowest BCUT2D eigenvalue weighted by Crippen LogP contribution is -2.74. The largest absolute Gasteiger partial charge is 0.464 e. The molecule has 2 rings (SSSR count). The number of piperidine rings is 1. The average molecular weight is 438 g/mol. The minimum absolute atomic E-state index is 0.0474. The summed E-state index contributed by atoms with van der Waals surface area (Å²) in [5, 5.41) is 6.80. The Hall–Kier alpha value is -1.63. The topological polar surface area (TPSA) is 87.7 Å². The van der Waals surface area contributed by atoms with Gasteiger partial charge in [-0.2, -0.15) is 0 Å². The molecule has 0 radical (unpaired) electrons. The standard InChI is InChI=1S/C24H43N3O4/c1-7-10-11-12-13-14-19(28)31-16-15-27-20(29)24(25-21(27)30)17-22(5,8-2)26-23(6,9-3)18(24)4/h18,26H,7-17H2,1-6H3,(H,25,30). The van der Waals surface area contributed by atoms with Crippen LogP contribution in [0.1, 0.15) is 99.3 Å². The lowest BCUT2D eigenvalue weighted by molar-refractivity contribution is -0.146. The predicted molar refractivity (Wildman–Crippen MR) is 122 cm³/mol. The van der Waals surface area contributed by atoms with E-state index in [0.717, 1.165) is 32.1 Å². The van der Waals surface area contributed by atoms with Crippen LogP contribution in [-0.4, -0.2) is 52.6 Å². The molecule has 3 amide bonds. The normalized spacial score (nSPS) is 33.1. The van der Waals surface area contributed by atoms with Crippen molar-refractivity contribution in [3.05, 3.63) is 0 Å². The van der Waals surface area contributed by atoms with Gasteiger partial charge in [-0.15, -0.1) is 0 Å². The Labute approximate surface area is 188 Å². The van der Waals surface area contributed by atoms with Crippen molar-refractivity contribution in [3.63, 3.8) is 0 Å². The summed E-state index contributed by atoms with van der Waals surface area (Å²) < 4.78 is 5.31. The van der Waals surface area contributed by atoms with Crippen molar-refractivity contribution in [3.8, 4) is 0 Å². The van der Waals surface area contributed by atoms with Gasteiger partial charge in [0.25, 0.3) is 5.91 Å². The summed E-state index contributed by atoms with van der Waals surface area (Å²) in [6.45, 7) is 12.8. The number of unbranched alkanes of at least 4 members (excludes halogenated alkanes) is 4. The number of hydrogen-bond acceptors (Lipinski definition) is 5. The van der Waals surface area contributed by atoms with Crippen LogP contribution in [0.2, 0.25) is 0 Å². The second-order valence-corrected chi connectivity index (χ2v) is 9.95. The molecular weight excluding hydrogens is 394 g/mol. The maximum atomic E-state index is 13.5. The fraction of sp³-hybridized carbons (Fsp3) is 0.875. The van der Waals surface area contributed by atoms with Crippen molar-refractivity contribution in [2.45, 2.75) is 116 Å². The molecule has 7 heteroatoms. The van der Waals surface area contributed by atoms with Gasteiger partial charge in [0.15, 0.2) is 0 Å². The summed E-state index contributed by atoms with van der Waals surface area (Å²) in [5.74, 6) is -0.524. The minimum atomic E-state index is -0.929. The molecule has 0 aliphatic carbocycles. The van der Waals surface area contributed by atoms with Crippen molar-refractivity contribution >= 4 is 17.9 Å². The maximum absolute atomic E-state index is 13.5. The number of imide groups is 1. The van der Waals surface area contributed by atoms with E-state index >= 15 is 0 Å². The smallest absolute Gasteiger partial charge is 0.325 e. The van der Waals surface area contributed by atoms with E-state index < -0.39 is 5.54 Å². The molecular formula is C24H43N3O4. The fourth-order valence-corrected chi connectivity index (χ4v) is 5.22. The van der Waals surface area contributed by atoms with E-state index in [1.54, 1.807) is 0 Å². The first kappa shape index (κ1) is 25.6. The number of hydrogen-bond donors (Lipinski definition) is 2. The van der Waals surface area contributed by atoms with Crippen LogP contribution >= 0.6 is 0 Å². The summed E-state index contributed by atoms with van der Waals surface area (Å²) in [7, 11) is 0. The Bertz CT molecular complexity index is 669. The van der Waals surface area contributed by atoms with Crippen LogP contribution in [-0.2, 0) is 14.3 Å². The van der Waals surface area contributed by atoms with Gasteiger partial charge in [0.2, 0.25) is 0 Å². The number of urea groups is 1. The highest BCUT2D eigenvalue weighted by Crippen LogP contribution is 2.46. The van der Waals surface area contributed by atoms with E-state index in [2.05, 4.69) is 45.3 Å². The molecule has 0 aromatic rings. The van der Waals surface area contributed by atoms with E-state index in [0.29, 0.717) is 12.8 Å². The van der Waals surface area contributed by atoms with Gasteiger partial charge in [0.1, 0.15) is 12.1 Å². The van der Waals surface area contributed by atoms with Gasteiger partial charge in [-0.1, -0.05) is 53.4 Å². The van der Waals surface area contributed by atoms with Crippen LogP contribution in [0.5, 0.6) is 0 Å². The Kier molecular flexibility index (Phi) is 8.54. The van der Waals surface area contributed by atoms with Gasteiger partial charge in [-0.3, -0.25) is 14.5 Å². The van der Waals surface area contributed by atoms with Crippen LogP contribution in [0.4, 0.5) is 4.79 Å². The molecule has 2 saturated heterocycles. The minimum Gasteiger partial charge on any atom is -0.464 e. The molecule has 0 saturated carbocycles. The van der Waals surface area contributed by atoms with E-state index in [4.69, 9.17) is 4.74 Å². The Morgan fingerprint density at radius 1 is 1.10 bits per heavy atom. The van der Waals surface area contributed by atoms with Crippen molar-refractivity contribution in [2.75, 3.05) is 13.2 Å². The molecule has 178 valence electrons. The number of nitrogens with one attached hydrogen (secondary N) is 2. The summed E-state index contributed by atoms with van der Waals surface area (Å²) in [6, 6.07) is -0.383. The Morgan fingerprint density at radius 3 is 2.39 bits per heavy atom. The average Bonchev–Trinajstić information content (AvgIpc) is 2.96. The monoisotopic (exact) mass is 437 g/mol. The molecule has 7 nitrogen and oxygen atoms in total. The SMILES string of the molecule is CCCCCCCC(=O)OCCN1C(=O)NC2(CC(C)(CC)NC(C)(CC)C2C)C1=O. The molecule has 1 spiro atoms. The number of amides is 3. The first-order valence-corrected chi connectivity index (χ1v) is 12.2. The number of esters is 1. The molecule has 4 unspecified atom stereocenters. The Morgan fingerprint density at radius 2 is 1.77 bits per heavy atom. The van der Waals surface area contributed by atoms with E-state index in [-0.39, 0.29) is 48.1 Å². The zero-order chi connectivity index (χ0) is 23.3. The summed E-state index contributed by atoms with van der Waals surface area (Å²) in [5.41, 5.74) is -1.45. The van der Waals surface area contributed by atoms with E-state index in [1.165, 1.54) is 17.7 Å². The molecule has 2 aliphatic heterocycles. The van der Waals surface area contributed by atoms with Gasteiger partial charge >= 0.3 is 12.0 Å². The third kappa shape index (κ3) is 5.41. The van der Waals surface area contributed by atoms with Crippen LogP contribution in [0.3, 0.4) is 0 Å². The number of carbonyl (C=O) groups excluding carboxylic acids is 3. The van der Waals surface area contributed by atoms with Crippen LogP contribution in [0, 0.1) is 5.92 Å². The van der Waals surface area contributed by atoms with Crippen molar-refractivity contribution in [1.82, 2.24) is 15.5 Å². The second-order valence-electron chi connectivity index (χ2n) is 9.95. The van der Waals surface area contributed by atoms with Crippen LogP contribution in [0.25, 0.3) is 0 Å². The maximum Gasteiger partial charge on any atom is 0.325 e. The van der Waals surface area contributed by atoms with Crippen molar-refractivity contribution in [1.29, 1.82) is 0 Å². The molecule has 0 aromatic carbocycles. The Balaban J connectivity index is 1.99. The lowest BCUT2D eigenvalue weighted by Gasteiger charge is -2.56. The number of carbonyl (C=O) groups is 3. The van der Waals surface area contributed by atoms with Crippen LogP contribution in [0.15, 0.2) is 0 Å². The third-order valence-corrected chi connectivity index (χ3v) is 7.73. The number of nitrogens with zero attached hydrogens (tertiary/aromatic N) is 1. The molecule has 0 bridgehead atoms. The molecule has 2 heterocycles. The fourth-order valence-electron chi connectivity index (χ4n) is 5.22. The molecule has 0 aromatic heterocycles. The van der Waals surface area contributed by atoms with E-state index in [1.807, 2.05) is 6.92 Å². The van der Waals surface area contributed by atoms with Gasteiger partial charge in [0.05, 0.1) is 6.54 Å². The molecule has 31 heavy (non-hydrogen) atoms. The highest BCUT2D eigenvalue weighted by molar-refractivity contribution is 6.07. The summed E-state index contributed by atoms with van der Waals surface area (Å²) in [4.78, 5) is 39.5. The third-order valence-electron chi connectivity index (χ3n) is 7.73. The number of rotatable bonds is 11. The van der Waals surface area contributed by atoms with Gasteiger partial charge in [-0.25, -0.2) is 4.79 Å².